The maximum Gasteiger partial charge on any atom is 0.191 e. The molecule has 0 unspecified atom stereocenters. The van der Waals surface area contributed by atoms with E-state index in [0.717, 1.165) is 25.3 Å². The minimum absolute atomic E-state index is 0.222. The van der Waals surface area contributed by atoms with E-state index < -0.39 is 0 Å². The van der Waals surface area contributed by atoms with Crippen molar-refractivity contribution in [1.82, 2.24) is 10.6 Å². The molecule has 1 aromatic carbocycles. The van der Waals surface area contributed by atoms with E-state index in [2.05, 4.69) is 22.5 Å². The van der Waals surface area contributed by atoms with Gasteiger partial charge in [0.2, 0.25) is 0 Å². The summed E-state index contributed by atoms with van der Waals surface area (Å²) >= 11 is 0. The zero-order valence-electron chi connectivity index (χ0n) is 13.9. The Morgan fingerprint density at radius 2 is 2.09 bits per heavy atom. The summed E-state index contributed by atoms with van der Waals surface area (Å²) in [5.74, 6) is 1.19. The van der Waals surface area contributed by atoms with Crippen molar-refractivity contribution in [1.29, 1.82) is 5.26 Å². The molecule has 0 radical (unpaired) electrons. The number of halogens is 1. The van der Waals surface area contributed by atoms with Crippen molar-refractivity contribution in [2.45, 2.75) is 52.1 Å². The van der Waals surface area contributed by atoms with Gasteiger partial charge in [0, 0.05) is 18.2 Å². The predicted molar refractivity (Wildman–Crippen MR) is 90.5 cm³/mol. The number of hydrogen-bond donors (Lipinski definition) is 2. The monoisotopic (exact) mass is 316 g/mol. The first kappa shape index (κ1) is 17.3. The van der Waals surface area contributed by atoms with Gasteiger partial charge in [-0.2, -0.15) is 5.26 Å². The molecule has 0 aromatic heterocycles. The fourth-order valence-corrected chi connectivity index (χ4v) is 2.85. The number of hydrogen-bond acceptors (Lipinski definition) is 2. The lowest BCUT2D eigenvalue weighted by molar-refractivity contribution is 0.329. The Hall–Kier alpha value is -2.09. The third kappa shape index (κ3) is 5.24. The molecule has 0 bridgehead atoms. The number of rotatable bonds is 4. The van der Waals surface area contributed by atoms with Crippen LogP contribution in [0.1, 0.15) is 50.7 Å². The van der Waals surface area contributed by atoms with Crippen LogP contribution in [0.2, 0.25) is 0 Å². The van der Waals surface area contributed by atoms with Crippen molar-refractivity contribution in [3.63, 3.8) is 0 Å². The zero-order valence-corrected chi connectivity index (χ0v) is 13.9. The van der Waals surface area contributed by atoms with Gasteiger partial charge in [-0.15, -0.1) is 0 Å². The first-order valence-corrected chi connectivity index (χ1v) is 8.35. The molecule has 1 aromatic rings. The third-order valence-corrected chi connectivity index (χ3v) is 4.28. The Bertz CT molecular complexity index is 583. The molecular weight excluding hydrogens is 291 g/mol. The minimum atomic E-state index is -0.324. The molecule has 1 aliphatic carbocycles. The standard InChI is InChI=1S/C18H25FN4/c1-3-21-18(23-16-7-4-13(2)5-8-16)22-12-15-10-14(11-20)6-9-17(15)19/h6,9-10,13,16H,3-5,7-8,12H2,1-2H3,(H2,21,22,23). The Morgan fingerprint density at radius 3 is 2.74 bits per heavy atom. The number of nitrogens with one attached hydrogen (secondary N) is 2. The van der Waals surface area contributed by atoms with Crippen molar-refractivity contribution in [2.75, 3.05) is 6.54 Å². The van der Waals surface area contributed by atoms with Gasteiger partial charge in [0.15, 0.2) is 5.96 Å². The number of guanidine groups is 1. The molecule has 0 aliphatic heterocycles. The molecule has 2 rings (SSSR count). The second-order valence-corrected chi connectivity index (χ2v) is 6.21. The molecule has 0 saturated heterocycles. The molecule has 5 heteroatoms. The molecule has 124 valence electrons. The fourth-order valence-electron chi connectivity index (χ4n) is 2.85. The SMILES string of the molecule is CCNC(=NCc1cc(C#N)ccc1F)NC1CCC(C)CC1. The second kappa shape index (κ2) is 8.52. The highest BCUT2D eigenvalue weighted by Crippen LogP contribution is 2.23. The van der Waals surface area contributed by atoms with Crippen molar-refractivity contribution in [3.8, 4) is 6.07 Å². The molecule has 1 fully saturated rings. The quantitative estimate of drug-likeness (QED) is 0.661. The first-order valence-electron chi connectivity index (χ1n) is 8.35. The molecule has 1 saturated carbocycles. The highest BCUT2D eigenvalue weighted by atomic mass is 19.1. The Balaban J connectivity index is 2.02. The van der Waals surface area contributed by atoms with Gasteiger partial charge in [0.25, 0.3) is 0 Å². The van der Waals surface area contributed by atoms with Crippen LogP contribution in [0.3, 0.4) is 0 Å². The van der Waals surface area contributed by atoms with Gasteiger partial charge in [0.05, 0.1) is 18.2 Å². The van der Waals surface area contributed by atoms with E-state index in [1.165, 1.54) is 25.0 Å². The Kier molecular flexibility index (Phi) is 6.40. The maximum absolute atomic E-state index is 13.8. The average molecular weight is 316 g/mol. The lowest BCUT2D eigenvalue weighted by atomic mass is 9.87. The molecule has 0 spiro atoms. The average Bonchev–Trinajstić information content (AvgIpc) is 2.56. The van der Waals surface area contributed by atoms with E-state index in [9.17, 15) is 4.39 Å². The largest absolute Gasteiger partial charge is 0.357 e. The van der Waals surface area contributed by atoms with Crippen molar-refractivity contribution >= 4 is 5.96 Å². The maximum atomic E-state index is 13.8. The van der Waals surface area contributed by atoms with Gasteiger partial charge in [0.1, 0.15) is 5.82 Å². The summed E-state index contributed by atoms with van der Waals surface area (Å²) in [6, 6.07) is 6.83. The van der Waals surface area contributed by atoms with E-state index in [4.69, 9.17) is 5.26 Å². The van der Waals surface area contributed by atoms with Gasteiger partial charge in [-0.05, 0) is 56.7 Å². The summed E-state index contributed by atoms with van der Waals surface area (Å²) in [6.45, 7) is 5.28. The van der Waals surface area contributed by atoms with E-state index >= 15 is 0 Å². The third-order valence-electron chi connectivity index (χ3n) is 4.28. The van der Waals surface area contributed by atoms with E-state index in [1.807, 2.05) is 13.0 Å². The molecule has 0 heterocycles. The van der Waals surface area contributed by atoms with Crippen molar-refractivity contribution in [3.05, 3.63) is 35.1 Å². The molecule has 4 nitrogen and oxygen atoms in total. The van der Waals surface area contributed by atoms with Crippen LogP contribution in [-0.2, 0) is 6.54 Å². The van der Waals surface area contributed by atoms with Crippen LogP contribution in [0.5, 0.6) is 0 Å². The van der Waals surface area contributed by atoms with Crippen LogP contribution in [0.4, 0.5) is 4.39 Å². The topological polar surface area (TPSA) is 60.2 Å². The van der Waals surface area contributed by atoms with E-state index in [0.29, 0.717) is 23.1 Å². The van der Waals surface area contributed by atoms with Crippen LogP contribution in [0.25, 0.3) is 0 Å². The smallest absolute Gasteiger partial charge is 0.191 e. The van der Waals surface area contributed by atoms with Crippen LogP contribution in [0, 0.1) is 23.1 Å². The summed E-state index contributed by atoms with van der Waals surface area (Å²) in [5.41, 5.74) is 0.898. The molecule has 1 aliphatic rings. The van der Waals surface area contributed by atoms with Crippen LogP contribution >= 0.6 is 0 Å². The van der Waals surface area contributed by atoms with Crippen LogP contribution in [0.15, 0.2) is 23.2 Å². The van der Waals surface area contributed by atoms with Gasteiger partial charge in [-0.3, -0.25) is 0 Å². The van der Waals surface area contributed by atoms with Crippen LogP contribution < -0.4 is 10.6 Å². The van der Waals surface area contributed by atoms with Crippen molar-refractivity contribution < 1.29 is 4.39 Å². The van der Waals surface area contributed by atoms with Gasteiger partial charge in [-0.25, -0.2) is 9.38 Å². The zero-order chi connectivity index (χ0) is 16.7. The van der Waals surface area contributed by atoms with Crippen LogP contribution in [-0.4, -0.2) is 18.5 Å². The van der Waals surface area contributed by atoms with Gasteiger partial charge >= 0.3 is 0 Å². The Labute approximate surface area is 137 Å². The molecule has 0 amide bonds. The fraction of sp³-hybridized carbons (Fsp3) is 0.556. The summed E-state index contributed by atoms with van der Waals surface area (Å²) in [4.78, 5) is 4.48. The predicted octanol–water partition coefficient (Wildman–Crippen LogP) is 3.33. The number of benzene rings is 1. The van der Waals surface area contributed by atoms with E-state index in [-0.39, 0.29) is 12.4 Å². The lowest BCUT2D eigenvalue weighted by Gasteiger charge is -2.28. The first-order chi connectivity index (χ1) is 11.1. The number of aliphatic imine (C=N–C) groups is 1. The highest BCUT2D eigenvalue weighted by molar-refractivity contribution is 5.80. The minimum Gasteiger partial charge on any atom is -0.357 e. The number of nitrogens with zero attached hydrogens (tertiary/aromatic N) is 2. The van der Waals surface area contributed by atoms with Gasteiger partial charge in [-0.1, -0.05) is 6.92 Å². The molecule has 0 atom stereocenters. The molecule has 2 N–H and O–H groups in total. The normalized spacial score (nSPS) is 21.6. The summed E-state index contributed by atoms with van der Waals surface area (Å²) < 4.78 is 13.8. The molecular formula is C18H25FN4. The number of nitriles is 1. The van der Waals surface area contributed by atoms with Gasteiger partial charge < -0.3 is 10.6 Å². The molecule has 23 heavy (non-hydrogen) atoms. The summed E-state index contributed by atoms with van der Waals surface area (Å²) in [7, 11) is 0. The highest BCUT2D eigenvalue weighted by Gasteiger charge is 2.18. The summed E-state index contributed by atoms with van der Waals surface area (Å²) in [6.07, 6.45) is 4.75. The lowest BCUT2D eigenvalue weighted by Crippen LogP contribution is -2.44. The van der Waals surface area contributed by atoms with E-state index in [1.54, 1.807) is 6.07 Å². The summed E-state index contributed by atoms with van der Waals surface area (Å²) in [5, 5.41) is 15.6. The second-order valence-electron chi connectivity index (χ2n) is 6.21. The van der Waals surface area contributed by atoms with Crippen molar-refractivity contribution in [2.24, 2.45) is 10.9 Å². The Morgan fingerprint density at radius 1 is 1.35 bits per heavy atom.